The van der Waals surface area contributed by atoms with Crippen LogP contribution in [-0.2, 0) is 0 Å². The highest BCUT2D eigenvalue weighted by Gasteiger charge is 2.52. The van der Waals surface area contributed by atoms with Crippen LogP contribution in [0.15, 0.2) is 0 Å². The number of rotatable bonds is 3. The zero-order valence-corrected chi connectivity index (χ0v) is 11.8. The first kappa shape index (κ1) is 11.7. The van der Waals surface area contributed by atoms with Gasteiger partial charge in [-0.05, 0) is 57.3 Å². The molecular formula is C16H28N2. The molecular weight excluding hydrogens is 220 g/mol. The fourth-order valence-corrected chi connectivity index (χ4v) is 4.60. The van der Waals surface area contributed by atoms with Gasteiger partial charge in [0.2, 0.25) is 0 Å². The Morgan fingerprint density at radius 1 is 1.00 bits per heavy atom. The largest absolute Gasteiger partial charge is 0.311 e. The van der Waals surface area contributed by atoms with Crippen molar-refractivity contribution in [2.24, 2.45) is 11.8 Å². The standard InChI is InChI=1S/C16H28N2/c1-16(13-8-9-13)11-17-15(12-6-7-12)10-18(16)14-4-2-3-5-14/h12-15,17H,2-11H2,1H3. The highest BCUT2D eigenvalue weighted by Crippen LogP contribution is 2.47. The second-order valence-corrected chi connectivity index (χ2v) is 7.55. The molecule has 0 bridgehead atoms. The van der Waals surface area contributed by atoms with E-state index in [1.165, 1.54) is 64.5 Å². The van der Waals surface area contributed by atoms with Gasteiger partial charge < -0.3 is 5.32 Å². The summed E-state index contributed by atoms with van der Waals surface area (Å²) in [5.74, 6) is 2.00. The molecule has 1 aliphatic heterocycles. The first-order valence-corrected chi connectivity index (χ1v) is 8.27. The van der Waals surface area contributed by atoms with Crippen molar-refractivity contribution in [3.05, 3.63) is 0 Å². The molecule has 4 fully saturated rings. The molecule has 0 aromatic rings. The quantitative estimate of drug-likeness (QED) is 0.826. The minimum absolute atomic E-state index is 0.487. The van der Waals surface area contributed by atoms with Crippen LogP contribution in [-0.4, -0.2) is 35.6 Å². The predicted molar refractivity (Wildman–Crippen MR) is 74.6 cm³/mol. The second-order valence-electron chi connectivity index (χ2n) is 7.55. The van der Waals surface area contributed by atoms with E-state index in [2.05, 4.69) is 17.1 Å². The summed E-state index contributed by atoms with van der Waals surface area (Å²) >= 11 is 0. The predicted octanol–water partition coefficient (Wildman–Crippen LogP) is 2.78. The van der Waals surface area contributed by atoms with Gasteiger partial charge in [0.05, 0.1) is 0 Å². The minimum Gasteiger partial charge on any atom is -0.311 e. The van der Waals surface area contributed by atoms with E-state index in [4.69, 9.17) is 0 Å². The lowest BCUT2D eigenvalue weighted by molar-refractivity contribution is -0.00370. The Morgan fingerprint density at radius 3 is 2.33 bits per heavy atom. The van der Waals surface area contributed by atoms with Crippen molar-refractivity contribution in [2.45, 2.75) is 75.9 Å². The van der Waals surface area contributed by atoms with Gasteiger partial charge in [-0.1, -0.05) is 12.8 Å². The Labute approximate surface area is 111 Å². The molecule has 0 spiro atoms. The summed E-state index contributed by atoms with van der Waals surface area (Å²) in [7, 11) is 0. The second kappa shape index (κ2) is 4.21. The number of nitrogens with one attached hydrogen (secondary N) is 1. The topological polar surface area (TPSA) is 15.3 Å². The number of nitrogens with zero attached hydrogens (tertiary/aromatic N) is 1. The third kappa shape index (κ3) is 1.92. The van der Waals surface area contributed by atoms with Crippen LogP contribution in [0, 0.1) is 11.8 Å². The van der Waals surface area contributed by atoms with Crippen molar-refractivity contribution in [3.8, 4) is 0 Å². The molecule has 102 valence electrons. The molecule has 2 unspecified atom stereocenters. The molecule has 0 amide bonds. The molecule has 2 heteroatoms. The van der Waals surface area contributed by atoms with Gasteiger partial charge in [-0.15, -0.1) is 0 Å². The van der Waals surface area contributed by atoms with Gasteiger partial charge in [0.25, 0.3) is 0 Å². The minimum atomic E-state index is 0.487. The van der Waals surface area contributed by atoms with Gasteiger partial charge in [-0.3, -0.25) is 4.90 Å². The van der Waals surface area contributed by atoms with Crippen molar-refractivity contribution in [3.63, 3.8) is 0 Å². The normalized spacial score (nSPS) is 43.5. The summed E-state index contributed by atoms with van der Waals surface area (Å²) in [6.45, 7) is 5.16. The maximum Gasteiger partial charge on any atom is 0.0337 e. The SMILES string of the molecule is CC1(C2CC2)CNC(C2CC2)CN1C1CCCC1. The fraction of sp³-hybridized carbons (Fsp3) is 1.00. The Morgan fingerprint density at radius 2 is 1.72 bits per heavy atom. The lowest BCUT2D eigenvalue weighted by atomic mass is 9.86. The Balaban J connectivity index is 1.54. The molecule has 1 N–H and O–H groups in total. The van der Waals surface area contributed by atoms with Crippen LogP contribution in [0.25, 0.3) is 0 Å². The van der Waals surface area contributed by atoms with Crippen molar-refractivity contribution >= 4 is 0 Å². The van der Waals surface area contributed by atoms with Crippen LogP contribution in [0.5, 0.6) is 0 Å². The van der Waals surface area contributed by atoms with Crippen LogP contribution in [0.4, 0.5) is 0 Å². The monoisotopic (exact) mass is 248 g/mol. The molecule has 0 radical (unpaired) electrons. The smallest absolute Gasteiger partial charge is 0.0337 e. The van der Waals surface area contributed by atoms with Gasteiger partial charge in [0.1, 0.15) is 0 Å². The Bertz CT molecular complexity index is 315. The summed E-state index contributed by atoms with van der Waals surface area (Å²) in [6.07, 6.45) is 11.8. The molecule has 0 aromatic heterocycles. The first-order valence-electron chi connectivity index (χ1n) is 8.27. The zero-order valence-electron chi connectivity index (χ0n) is 11.8. The molecule has 0 aromatic carbocycles. The summed E-state index contributed by atoms with van der Waals surface area (Å²) in [5, 5.41) is 3.90. The van der Waals surface area contributed by atoms with Gasteiger partial charge in [0.15, 0.2) is 0 Å². The van der Waals surface area contributed by atoms with Crippen molar-refractivity contribution in [1.29, 1.82) is 0 Å². The van der Waals surface area contributed by atoms with E-state index in [-0.39, 0.29) is 0 Å². The van der Waals surface area contributed by atoms with Gasteiger partial charge >= 0.3 is 0 Å². The summed E-state index contributed by atoms with van der Waals surface area (Å²) in [4.78, 5) is 2.97. The molecule has 3 aliphatic carbocycles. The van der Waals surface area contributed by atoms with E-state index in [0.717, 1.165) is 23.9 Å². The van der Waals surface area contributed by atoms with Gasteiger partial charge in [-0.25, -0.2) is 0 Å². The summed E-state index contributed by atoms with van der Waals surface area (Å²) in [6, 6.07) is 1.73. The average molecular weight is 248 g/mol. The van der Waals surface area contributed by atoms with Crippen molar-refractivity contribution < 1.29 is 0 Å². The molecule has 2 atom stereocenters. The Hall–Kier alpha value is -0.0800. The lowest BCUT2D eigenvalue weighted by Gasteiger charge is -2.51. The van der Waals surface area contributed by atoms with Crippen LogP contribution in [0.2, 0.25) is 0 Å². The van der Waals surface area contributed by atoms with Crippen molar-refractivity contribution in [2.75, 3.05) is 13.1 Å². The maximum absolute atomic E-state index is 3.90. The van der Waals surface area contributed by atoms with Crippen LogP contribution in [0.1, 0.15) is 58.3 Å². The van der Waals surface area contributed by atoms with Crippen molar-refractivity contribution in [1.82, 2.24) is 10.2 Å². The fourth-order valence-electron chi connectivity index (χ4n) is 4.60. The Kier molecular flexibility index (Phi) is 2.74. The number of hydrogen-bond donors (Lipinski definition) is 1. The van der Waals surface area contributed by atoms with E-state index in [1.807, 2.05) is 0 Å². The third-order valence-corrected chi connectivity index (χ3v) is 6.19. The van der Waals surface area contributed by atoms with Gasteiger partial charge in [0, 0.05) is 30.7 Å². The van der Waals surface area contributed by atoms with Crippen LogP contribution >= 0.6 is 0 Å². The molecule has 1 heterocycles. The summed E-state index contributed by atoms with van der Waals surface area (Å²) < 4.78 is 0. The van der Waals surface area contributed by atoms with E-state index >= 15 is 0 Å². The van der Waals surface area contributed by atoms with Crippen LogP contribution in [0.3, 0.4) is 0 Å². The highest BCUT2D eigenvalue weighted by atomic mass is 15.3. The number of hydrogen-bond acceptors (Lipinski definition) is 2. The first-order chi connectivity index (χ1) is 8.77. The van der Waals surface area contributed by atoms with E-state index in [0.29, 0.717) is 5.54 Å². The van der Waals surface area contributed by atoms with E-state index < -0.39 is 0 Å². The molecule has 2 nitrogen and oxygen atoms in total. The average Bonchev–Trinajstić information content (AvgIpc) is 3.28. The van der Waals surface area contributed by atoms with Gasteiger partial charge in [-0.2, -0.15) is 0 Å². The third-order valence-electron chi connectivity index (χ3n) is 6.19. The molecule has 4 rings (SSSR count). The molecule has 3 saturated carbocycles. The van der Waals surface area contributed by atoms with Crippen LogP contribution < -0.4 is 5.32 Å². The molecule has 1 saturated heterocycles. The van der Waals surface area contributed by atoms with E-state index in [1.54, 1.807) is 0 Å². The number of piperazine rings is 1. The lowest BCUT2D eigenvalue weighted by Crippen LogP contribution is -2.67. The maximum atomic E-state index is 3.90. The highest BCUT2D eigenvalue weighted by molar-refractivity contribution is 5.08. The molecule has 4 aliphatic rings. The molecule has 18 heavy (non-hydrogen) atoms. The zero-order chi connectivity index (χ0) is 12.2. The van der Waals surface area contributed by atoms with E-state index in [9.17, 15) is 0 Å². The summed E-state index contributed by atoms with van der Waals surface area (Å²) in [5.41, 5.74) is 0.487.